The minimum Gasteiger partial charge on any atom is -0.356 e. The highest BCUT2D eigenvalue weighted by Crippen LogP contribution is 2.19. The van der Waals surface area contributed by atoms with Crippen LogP contribution in [0.2, 0.25) is 0 Å². The SMILES string of the molecule is CC(=O)NCCC(=O)c1ccc2c(C)noc2c1. The number of ketones is 1. The highest BCUT2D eigenvalue weighted by Gasteiger charge is 2.10. The van der Waals surface area contributed by atoms with Crippen LogP contribution in [-0.2, 0) is 4.79 Å². The fraction of sp³-hybridized carbons (Fsp3) is 0.308. The van der Waals surface area contributed by atoms with Crippen molar-refractivity contribution in [1.29, 1.82) is 0 Å². The van der Waals surface area contributed by atoms with Gasteiger partial charge in [-0.05, 0) is 19.1 Å². The zero-order chi connectivity index (χ0) is 13.1. The second-order valence-corrected chi connectivity index (χ2v) is 4.14. The molecule has 0 aliphatic rings. The molecule has 2 aromatic rings. The van der Waals surface area contributed by atoms with Crippen LogP contribution in [0.1, 0.15) is 29.4 Å². The molecule has 5 heteroatoms. The summed E-state index contributed by atoms with van der Waals surface area (Å²) in [4.78, 5) is 22.6. The van der Waals surface area contributed by atoms with E-state index in [1.54, 1.807) is 12.1 Å². The number of hydrogen-bond acceptors (Lipinski definition) is 4. The van der Waals surface area contributed by atoms with E-state index in [-0.39, 0.29) is 18.1 Å². The molecule has 1 aromatic heterocycles. The molecule has 0 aliphatic carbocycles. The molecule has 18 heavy (non-hydrogen) atoms. The van der Waals surface area contributed by atoms with Crippen LogP contribution in [0.3, 0.4) is 0 Å². The van der Waals surface area contributed by atoms with E-state index in [4.69, 9.17) is 4.52 Å². The molecule has 0 aliphatic heterocycles. The van der Waals surface area contributed by atoms with Gasteiger partial charge in [-0.3, -0.25) is 9.59 Å². The van der Waals surface area contributed by atoms with Crippen molar-refractivity contribution in [2.45, 2.75) is 20.3 Å². The Balaban J connectivity index is 2.10. The van der Waals surface area contributed by atoms with E-state index in [0.29, 0.717) is 17.7 Å². The minimum absolute atomic E-state index is 0.0281. The molecule has 94 valence electrons. The van der Waals surface area contributed by atoms with E-state index in [1.165, 1.54) is 6.92 Å². The summed E-state index contributed by atoms with van der Waals surface area (Å²) < 4.78 is 5.11. The molecule has 1 heterocycles. The molecule has 0 radical (unpaired) electrons. The Morgan fingerprint density at radius 3 is 2.89 bits per heavy atom. The summed E-state index contributed by atoms with van der Waals surface area (Å²) >= 11 is 0. The number of nitrogens with one attached hydrogen (secondary N) is 1. The van der Waals surface area contributed by atoms with Crippen molar-refractivity contribution in [2.24, 2.45) is 0 Å². The number of carbonyl (C=O) groups is 2. The zero-order valence-corrected chi connectivity index (χ0v) is 10.3. The lowest BCUT2D eigenvalue weighted by atomic mass is 10.1. The number of aromatic nitrogens is 1. The normalized spacial score (nSPS) is 10.6. The van der Waals surface area contributed by atoms with Crippen LogP contribution < -0.4 is 5.32 Å². The van der Waals surface area contributed by atoms with Crippen molar-refractivity contribution >= 4 is 22.7 Å². The number of fused-ring (bicyclic) bond motifs is 1. The highest BCUT2D eigenvalue weighted by molar-refractivity contribution is 5.99. The Labute approximate surface area is 104 Å². The standard InChI is InChI=1S/C13H14N2O3/c1-8-11-4-3-10(7-13(11)18-15-8)12(17)5-6-14-9(2)16/h3-4,7H,5-6H2,1-2H3,(H,14,16). The molecule has 0 fully saturated rings. The van der Waals surface area contributed by atoms with E-state index >= 15 is 0 Å². The van der Waals surface area contributed by atoms with Gasteiger partial charge in [0.2, 0.25) is 5.91 Å². The largest absolute Gasteiger partial charge is 0.356 e. The van der Waals surface area contributed by atoms with Crippen molar-refractivity contribution in [3.05, 3.63) is 29.5 Å². The van der Waals surface area contributed by atoms with Gasteiger partial charge in [-0.1, -0.05) is 11.2 Å². The number of rotatable bonds is 4. The first kappa shape index (κ1) is 12.3. The number of aryl methyl sites for hydroxylation is 1. The van der Waals surface area contributed by atoms with Gasteiger partial charge in [-0.25, -0.2) is 0 Å². The Hall–Kier alpha value is -2.17. The molecule has 2 rings (SSSR count). The van der Waals surface area contributed by atoms with E-state index in [9.17, 15) is 9.59 Å². The molecule has 5 nitrogen and oxygen atoms in total. The summed E-state index contributed by atoms with van der Waals surface area (Å²) in [5, 5.41) is 7.34. The zero-order valence-electron chi connectivity index (χ0n) is 10.3. The van der Waals surface area contributed by atoms with Gasteiger partial charge in [0.1, 0.15) is 0 Å². The topological polar surface area (TPSA) is 72.2 Å². The fourth-order valence-electron chi connectivity index (χ4n) is 1.73. The molecule has 1 amide bonds. The molecule has 0 saturated heterocycles. The summed E-state index contributed by atoms with van der Waals surface area (Å²) in [6, 6.07) is 5.26. The monoisotopic (exact) mass is 246 g/mol. The van der Waals surface area contributed by atoms with Gasteiger partial charge in [-0.15, -0.1) is 0 Å². The van der Waals surface area contributed by atoms with Crippen LogP contribution >= 0.6 is 0 Å². The first-order valence-corrected chi connectivity index (χ1v) is 5.71. The number of Topliss-reactive ketones (excluding diaryl/α,β-unsaturated/α-hetero) is 1. The molecule has 0 unspecified atom stereocenters. The van der Waals surface area contributed by atoms with E-state index < -0.39 is 0 Å². The van der Waals surface area contributed by atoms with Crippen LogP contribution in [0.15, 0.2) is 22.7 Å². The van der Waals surface area contributed by atoms with Gasteiger partial charge in [0.25, 0.3) is 0 Å². The van der Waals surface area contributed by atoms with Crippen LogP contribution in [0.5, 0.6) is 0 Å². The molecule has 0 saturated carbocycles. The van der Waals surface area contributed by atoms with Crippen molar-refractivity contribution in [3.8, 4) is 0 Å². The van der Waals surface area contributed by atoms with Crippen LogP contribution in [0.4, 0.5) is 0 Å². The predicted molar refractivity (Wildman–Crippen MR) is 66.4 cm³/mol. The maximum atomic E-state index is 11.9. The lowest BCUT2D eigenvalue weighted by Gasteiger charge is -2.02. The van der Waals surface area contributed by atoms with Crippen molar-refractivity contribution in [2.75, 3.05) is 6.54 Å². The number of benzene rings is 1. The molecule has 0 spiro atoms. The first-order valence-electron chi connectivity index (χ1n) is 5.71. The van der Waals surface area contributed by atoms with Crippen LogP contribution in [0.25, 0.3) is 11.0 Å². The summed E-state index contributed by atoms with van der Waals surface area (Å²) in [6.45, 7) is 3.62. The minimum atomic E-state index is -0.135. The summed E-state index contributed by atoms with van der Waals surface area (Å²) in [5.41, 5.74) is 1.99. The van der Waals surface area contributed by atoms with Gasteiger partial charge in [-0.2, -0.15) is 0 Å². The Morgan fingerprint density at radius 1 is 1.39 bits per heavy atom. The second kappa shape index (κ2) is 5.00. The van der Waals surface area contributed by atoms with Crippen molar-refractivity contribution in [1.82, 2.24) is 10.5 Å². The fourth-order valence-corrected chi connectivity index (χ4v) is 1.73. The molecular weight excluding hydrogens is 232 g/mol. The Morgan fingerprint density at radius 2 is 2.17 bits per heavy atom. The third-order valence-electron chi connectivity index (χ3n) is 2.70. The molecule has 1 N–H and O–H groups in total. The number of carbonyl (C=O) groups excluding carboxylic acids is 2. The third-order valence-corrected chi connectivity index (χ3v) is 2.70. The smallest absolute Gasteiger partial charge is 0.216 e. The van der Waals surface area contributed by atoms with Crippen LogP contribution in [-0.4, -0.2) is 23.4 Å². The maximum Gasteiger partial charge on any atom is 0.216 e. The number of hydrogen-bond donors (Lipinski definition) is 1. The average Bonchev–Trinajstić information content (AvgIpc) is 2.70. The maximum absolute atomic E-state index is 11.9. The van der Waals surface area contributed by atoms with Gasteiger partial charge in [0.15, 0.2) is 11.4 Å². The summed E-state index contributed by atoms with van der Waals surface area (Å²) in [5.74, 6) is -0.163. The number of nitrogens with zero attached hydrogens (tertiary/aromatic N) is 1. The van der Waals surface area contributed by atoms with Crippen LogP contribution in [0, 0.1) is 6.92 Å². The molecule has 0 atom stereocenters. The van der Waals surface area contributed by atoms with Gasteiger partial charge in [0.05, 0.1) is 5.69 Å². The predicted octanol–water partition coefficient (Wildman–Crippen LogP) is 1.85. The Bertz CT molecular complexity index is 601. The average molecular weight is 246 g/mol. The van der Waals surface area contributed by atoms with Crippen molar-refractivity contribution in [3.63, 3.8) is 0 Å². The van der Waals surface area contributed by atoms with E-state index in [1.807, 2.05) is 13.0 Å². The lowest BCUT2D eigenvalue weighted by Crippen LogP contribution is -2.23. The second-order valence-electron chi connectivity index (χ2n) is 4.14. The van der Waals surface area contributed by atoms with Gasteiger partial charge < -0.3 is 9.84 Å². The van der Waals surface area contributed by atoms with Crippen molar-refractivity contribution < 1.29 is 14.1 Å². The van der Waals surface area contributed by atoms with Gasteiger partial charge in [0, 0.05) is 30.8 Å². The lowest BCUT2D eigenvalue weighted by molar-refractivity contribution is -0.118. The summed E-state index contributed by atoms with van der Waals surface area (Å²) in [7, 11) is 0. The molecule has 0 bridgehead atoms. The number of amides is 1. The molecule has 1 aromatic carbocycles. The third kappa shape index (κ3) is 2.56. The Kier molecular flexibility index (Phi) is 3.41. The van der Waals surface area contributed by atoms with E-state index in [0.717, 1.165) is 11.1 Å². The highest BCUT2D eigenvalue weighted by atomic mass is 16.5. The first-order chi connectivity index (χ1) is 8.58. The summed E-state index contributed by atoms with van der Waals surface area (Å²) in [6.07, 6.45) is 0.276. The van der Waals surface area contributed by atoms with E-state index in [2.05, 4.69) is 10.5 Å². The molecular formula is C13H14N2O3. The quantitative estimate of drug-likeness (QED) is 0.835. The van der Waals surface area contributed by atoms with Gasteiger partial charge >= 0.3 is 0 Å².